The van der Waals surface area contributed by atoms with E-state index in [1.165, 1.54) is 12.8 Å². The Morgan fingerprint density at radius 1 is 1.04 bits per heavy atom. The highest BCUT2D eigenvalue weighted by atomic mass is 16.5. The van der Waals surface area contributed by atoms with Crippen molar-refractivity contribution in [2.75, 3.05) is 37.5 Å². The standard InChI is InChI=1S/C21H25N3O2/c1-14-12-22-20-7-6-16(10-21(20)23-14)24(13-15-4-5-15)17-8-18(25-2)11-19(9-17)26-3/h6-11,15,22H,4-5,12-13H2,1-3H3. The van der Waals surface area contributed by atoms with Crippen molar-refractivity contribution in [1.82, 2.24) is 0 Å². The van der Waals surface area contributed by atoms with Gasteiger partial charge in [0.15, 0.2) is 0 Å². The summed E-state index contributed by atoms with van der Waals surface area (Å²) in [6, 6.07) is 12.5. The fourth-order valence-corrected chi connectivity index (χ4v) is 3.26. The van der Waals surface area contributed by atoms with Crippen LogP contribution in [0.2, 0.25) is 0 Å². The van der Waals surface area contributed by atoms with Crippen LogP contribution in [0.4, 0.5) is 22.7 Å². The van der Waals surface area contributed by atoms with Crippen molar-refractivity contribution in [1.29, 1.82) is 0 Å². The molecule has 0 spiro atoms. The van der Waals surface area contributed by atoms with Crippen molar-refractivity contribution in [2.45, 2.75) is 19.8 Å². The van der Waals surface area contributed by atoms with Gasteiger partial charge in [0.05, 0.1) is 32.1 Å². The van der Waals surface area contributed by atoms with Crippen LogP contribution in [0.25, 0.3) is 0 Å². The number of methoxy groups -OCH3 is 2. The van der Waals surface area contributed by atoms with E-state index < -0.39 is 0 Å². The van der Waals surface area contributed by atoms with E-state index in [4.69, 9.17) is 14.5 Å². The Labute approximate surface area is 154 Å². The third kappa shape index (κ3) is 3.47. The van der Waals surface area contributed by atoms with Crippen LogP contribution in [0.3, 0.4) is 0 Å². The van der Waals surface area contributed by atoms with E-state index >= 15 is 0 Å². The van der Waals surface area contributed by atoms with Crippen LogP contribution < -0.4 is 19.7 Å². The zero-order valence-corrected chi connectivity index (χ0v) is 15.6. The van der Waals surface area contributed by atoms with E-state index in [0.717, 1.165) is 59.0 Å². The van der Waals surface area contributed by atoms with Gasteiger partial charge in [-0.25, -0.2) is 0 Å². The Morgan fingerprint density at radius 2 is 1.77 bits per heavy atom. The maximum absolute atomic E-state index is 5.47. The minimum Gasteiger partial charge on any atom is -0.497 e. The maximum Gasteiger partial charge on any atom is 0.124 e. The van der Waals surface area contributed by atoms with Gasteiger partial charge in [0.25, 0.3) is 0 Å². The molecule has 1 saturated carbocycles. The van der Waals surface area contributed by atoms with Crippen LogP contribution in [0.15, 0.2) is 41.4 Å². The lowest BCUT2D eigenvalue weighted by Gasteiger charge is -2.27. The molecule has 1 fully saturated rings. The third-order valence-corrected chi connectivity index (χ3v) is 4.92. The molecule has 0 radical (unpaired) electrons. The first-order valence-corrected chi connectivity index (χ1v) is 9.09. The molecule has 0 amide bonds. The van der Waals surface area contributed by atoms with E-state index in [0.29, 0.717) is 0 Å². The largest absolute Gasteiger partial charge is 0.497 e. The Kier molecular flexibility index (Phi) is 4.45. The first kappa shape index (κ1) is 16.8. The fourth-order valence-electron chi connectivity index (χ4n) is 3.26. The second kappa shape index (κ2) is 6.90. The van der Waals surface area contributed by atoms with Gasteiger partial charge in [0.1, 0.15) is 11.5 Å². The molecule has 4 rings (SSSR count). The average molecular weight is 351 g/mol. The molecular weight excluding hydrogens is 326 g/mol. The topological polar surface area (TPSA) is 46.1 Å². The molecule has 0 atom stereocenters. The number of rotatable bonds is 6. The number of aliphatic imine (C=N–C) groups is 1. The molecule has 2 aliphatic rings. The van der Waals surface area contributed by atoms with Crippen molar-refractivity contribution >= 4 is 28.5 Å². The number of fused-ring (bicyclic) bond motifs is 1. The number of ether oxygens (including phenoxy) is 2. The van der Waals surface area contributed by atoms with Crippen LogP contribution >= 0.6 is 0 Å². The highest BCUT2D eigenvalue weighted by Gasteiger charge is 2.26. The molecular formula is C21H25N3O2. The zero-order valence-electron chi connectivity index (χ0n) is 15.6. The maximum atomic E-state index is 5.47. The lowest BCUT2D eigenvalue weighted by molar-refractivity contribution is 0.394. The van der Waals surface area contributed by atoms with E-state index in [1.807, 2.05) is 6.07 Å². The van der Waals surface area contributed by atoms with Gasteiger partial charge in [-0.15, -0.1) is 0 Å². The summed E-state index contributed by atoms with van der Waals surface area (Å²) in [5.74, 6) is 2.34. The first-order valence-electron chi connectivity index (χ1n) is 9.09. The number of nitrogens with zero attached hydrogens (tertiary/aromatic N) is 2. The highest BCUT2D eigenvalue weighted by molar-refractivity contribution is 5.94. The van der Waals surface area contributed by atoms with Crippen molar-refractivity contribution < 1.29 is 9.47 Å². The molecule has 1 N–H and O–H groups in total. The molecule has 0 bridgehead atoms. The van der Waals surface area contributed by atoms with E-state index in [9.17, 15) is 0 Å². The van der Waals surface area contributed by atoms with Crippen LogP contribution in [0.5, 0.6) is 11.5 Å². The van der Waals surface area contributed by atoms with E-state index in [2.05, 4.69) is 47.5 Å². The molecule has 1 heterocycles. The number of nitrogens with one attached hydrogen (secondary N) is 1. The van der Waals surface area contributed by atoms with Crippen LogP contribution in [-0.4, -0.2) is 33.0 Å². The summed E-state index contributed by atoms with van der Waals surface area (Å²) in [6.45, 7) is 3.86. The third-order valence-electron chi connectivity index (χ3n) is 4.92. The monoisotopic (exact) mass is 351 g/mol. The minimum absolute atomic E-state index is 0.742. The molecule has 136 valence electrons. The summed E-state index contributed by atoms with van der Waals surface area (Å²) >= 11 is 0. The molecule has 2 aromatic carbocycles. The molecule has 0 aromatic heterocycles. The van der Waals surface area contributed by atoms with Crippen molar-refractivity contribution in [3.05, 3.63) is 36.4 Å². The van der Waals surface area contributed by atoms with Gasteiger partial charge >= 0.3 is 0 Å². The fraction of sp³-hybridized carbons (Fsp3) is 0.381. The summed E-state index contributed by atoms with van der Waals surface area (Å²) in [4.78, 5) is 7.07. The normalized spacial score (nSPS) is 15.6. The Morgan fingerprint density at radius 3 is 2.42 bits per heavy atom. The predicted molar refractivity (Wildman–Crippen MR) is 107 cm³/mol. The summed E-state index contributed by atoms with van der Waals surface area (Å²) in [5, 5.41) is 3.42. The first-order chi connectivity index (χ1) is 12.7. The molecule has 0 unspecified atom stereocenters. The van der Waals surface area contributed by atoms with Gasteiger partial charge in [0, 0.05) is 41.8 Å². The van der Waals surface area contributed by atoms with Crippen LogP contribution in [-0.2, 0) is 0 Å². The van der Waals surface area contributed by atoms with Gasteiger partial charge in [-0.2, -0.15) is 0 Å². The molecule has 0 saturated heterocycles. The second-order valence-corrected chi connectivity index (χ2v) is 7.03. The van der Waals surface area contributed by atoms with Gasteiger partial charge in [-0.05, 0) is 43.9 Å². The Hall–Kier alpha value is -2.69. The number of anilines is 3. The molecule has 5 nitrogen and oxygen atoms in total. The van der Waals surface area contributed by atoms with E-state index in [-0.39, 0.29) is 0 Å². The average Bonchev–Trinajstić information content (AvgIpc) is 3.49. The molecule has 2 aromatic rings. The number of benzene rings is 2. The second-order valence-electron chi connectivity index (χ2n) is 7.03. The smallest absolute Gasteiger partial charge is 0.124 e. The summed E-state index contributed by atoms with van der Waals surface area (Å²) < 4.78 is 10.9. The molecule has 26 heavy (non-hydrogen) atoms. The van der Waals surface area contributed by atoms with Gasteiger partial charge in [-0.1, -0.05) is 0 Å². The highest BCUT2D eigenvalue weighted by Crippen LogP contribution is 2.40. The van der Waals surface area contributed by atoms with Crippen LogP contribution in [0.1, 0.15) is 19.8 Å². The summed E-state index contributed by atoms with van der Waals surface area (Å²) in [7, 11) is 3.37. The van der Waals surface area contributed by atoms with Crippen molar-refractivity contribution in [3.8, 4) is 11.5 Å². The van der Waals surface area contributed by atoms with Gasteiger partial charge in [0.2, 0.25) is 0 Å². The van der Waals surface area contributed by atoms with Crippen molar-refractivity contribution in [2.24, 2.45) is 10.9 Å². The van der Waals surface area contributed by atoms with Gasteiger partial charge in [-0.3, -0.25) is 4.99 Å². The predicted octanol–water partition coefficient (Wildman–Crippen LogP) is 4.77. The van der Waals surface area contributed by atoms with Crippen LogP contribution in [0, 0.1) is 5.92 Å². The summed E-state index contributed by atoms with van der Waals surface area (Å²) in [6.07, 6.45) is 2.59. The number of hydrogen-bond acceptors (Lipinski definition) is 5. The molecule has 5 heteroatoms. The van der Waals surface area contributed by atoms with Crippen molar-refractivity contribution in [3.63, 3.8) is 0 Å². The van der Waals surface area contributed by atoms with E-state index in [1.54, 1.807) is 14.2 Å². The lowest BCUT2D eigenvalue weighted by Crippen LogP contribution is -2.20. The zero-order chi connectivity index (χ0) is 18.1. The van der Waals surface area contributed by atoms with Gasteiger partial charge < -0.3 is 19.7 Å². The Balaban J connectivity index is 1.75. The summed E-state index contributed by atoms with van der Waals surface area (Å²) in [5.41, 5.74) is 5.42. The Bertz CT molecular complexity index is 821. The molecule has 1 aliphatic heterocycles. The molecule has 1 aliphatic carbocycles. The minimum atomic E-state index is 0.742. The number of hydrogen-bond donors (Lipinski definition) is 1. The SMILES string of the molecule is COc1cc(OC)cc(N(CC2CC2)c2ccc3c(c2)N=C(C)CN3)c1. The quantitative estimate of drug-likeness (QED) is 0.814. The lowest BCUT2D eigenvalue weighted by atomic mass is 10.1.